The lowest BCUT2D eigenvalue weighted by Crippen LogP contribution is -2.28. The number of nitrogens with zero attached hydrogens (tertiary/aromatic N) is 6. The van der Waals surface area contributed by atoms with Gasteiger partial charge in [-0.3, -0.25) is 9.59 Å². The highest BCUT2D eigenvalue weighted by molar-refractivity contribution is 6.04. The number of alkyl halides is 3. The molecule has 0 bridgehead atoms. The van der Waals surface area contributed by atoms with Gasteiger partial charge in [0.15, 0.2) is 5.65 Å². The molecule has 0 aliphatic carbocycles. The van der Waals surface area contributed by atoms with E-state index in [1.807, 2.05) is 0 Å². The molecule has 1 saturated heterocycles. The van der Waals surface area contributed by atoms with Gasteiger partial charge in [-0.15, -0.1) is 0 Å². The summed E-state index contributed by atoms with van der Waals surface area (Å²) in [5.41, 5.74) is 7.03. The first-order chi connectivity index (χ1) is 19.2. The Balaban J connectivity index is 1.40. The van der Waals surface area contributed by atoms with Gasteiger partial charge in [-0.25, -0.2) is 19.6 Å². The standard InChI is InChI=1S/C26H21F3N8O3/c1-40-11-8-20(38)36-10-7-18(13-36)37-24-21(23(30)32-14-33-24)22(35-37)15-2-4-16(5-3-15)25(39)34-19-12-17(6-9-31-19)26(27,28)29/h2-6,9,12,14,18H,7,10,13H2,1H3,(H2,30,32,33)(H,31,34,39)/t18-/m1/s1. The third-order valence-electron chi connectivity index (χ3n) is 6.32. The van der Waals surface area contributed by atoms with Crippen LogP contribution < -0.4 is 11.1 Å². The number of carbonyl (C=O) groups is 2. The van der Waals surface area contributed by atoms with E-state index in [4.69, 9.17) is 10.8 Å². The second kappa shape index (κ2) is 10.5. The summed E-state index contributed by atoms with van der Waals surface area (Å²) in [6.45, 7) is 0.837. The van der Waals surface area contributed by atoms with Crippen LogP contribution in [0.5, 0.6) is 0 Å². The number of pyridine rings is 1. The summed E-state index contributed by atoms with van der Waals surface area (Å²) in [5, 5.41) is 7.64. The molecule has 0 radical (unpaired) electrons. The topological polar surface area (TPSA) is 141 Å². The van der Waals surface area contributed by atoms with Crippen molar-refractivity contribution in [2.45, 2.75) is 18.6 Å². The Morgan fingerprint density at radius 2 is 1.93 bits per heavy atom. The van der Waals surface area contributed by atoms with E-state index in [0.717, 1.165) is 18.3 Å². The number of aromatic nitrogens is 5. The molecule has 0 spiro atoms. The predicted octanol–water partition coefficient (Wildman–Crippen LogP) is 3.12. The van der Waals surface area contributed by atoms with E-state index in [0.29, 0.717) is 41.8 Å². The molecular weight excluding hydrogens is 529 g/mol. The molecule has 11 nitrogen and oxygen atoms in total. The lowest BCUT2D eigenvalue weighted by molar-refractivity contribution is -0.137. The molecule has 4 aromatic rings. The number of halogens is 3. The van der Waals surface area contributed by atoms with Crippen molar-refractivity contribution in [3.8, 4) is 23.3 Å². The van der Waals surface area contributed by atoms with Gasteiger partial charge in [-0.2, -0.15) is 18.3 Å². The van der Waals surface area contributed by atoms with Crippen LogP contribution in [0.2, 0.25) is 0 Å². The van der Waals surface area contributed by atoms with Crippen molar-refractivity contribution in [2.75, 3.05) is 31.2 Å². The summed E-state index contributed by atoms with van der Waals surface area (Å²) in [7, 11) is 1.38. The van der Waals surface area contributed by atoms with Crippen LogP contribution in [0.25, 0.3) is 22.3 Å². The van der Waals surface area contributed by atoms with Crippen LogP contribution in [0.4, 0.5) is 24.8 Å². The molecule has 3 aromatic heterocycles. The lowest BCUT2D eigenvalue weighted by atomic mass is 10.1. The molecule has 3 N–H and O–H groups in total. The van der Waals surface area contributed by atoms with Crippen LogP contribution in [0.1, 0.15) is 28.4 Å². The number of nitrogens with two attached hydrogens (primary N) is 1. The van der Waals surface area contributed by atoms with Crippen molar-refractivity contribution in [1.29, 1.82) is 0 Å². The van der Waals surface area contributed by atoms with Gasteiger partial charge in [-0.05, 0) is 30.7 Å². The fourth-order valence-electron chi connectivity index (χ4n) is 4.39. The summed E-state index contributed by atoms with van der Waals surface area (Å²) in [5.74, 6) is 1.41. The van der Waals surface area contributed by atoms with Crippen LogP contribution in [0, 0.1) is 12.0 Å². The number of nitrogens with one attached hydrogen (secondary N) is 1. The average molecular weight is 551 g/mol. The lowest BCUT2D eigenvalue weighted by Gasteiger charge is -2.13. The number of anilines is 2. The van der Waals surface area contributed by atoms with Crippen LogP contribution >= 0.6 is 0 Å². The molecule has 2 amide bonds. The minimum atomic E-state index is -4.56. The number of ether oxygens (including phenoxy) is 1. The molecule has 0 unspecified atom stereocenters. The van der Waals surface area contributed by atoms with Gasteiger partial charge < -0.3 is 20.7 Å². The molecule has 40 heavy (non-hydrogen) atoms. The summed E-state index contributed by atoms with van der Waals surface area (Å²) >= 11 is 0. The van der Waals surface area contributed by atoms with E-state index >= 15 is 0 Å². The molecule has 5 rings (SSSR count). The Bertz CT molecular complexity index is 1660. The molecular formula is C26H21F3N8O3. The highest BCUT2D eigenvalue weighted by atomic mass is 19.4. The maximum Gasteiger partial charge on any atom is 0.416 e. The van der Waals surface area contributed by atoms with Crippen LogP contribution in [-0.4, -0.2) is 61.6 Å². The first kappa shape index (κ1) is 26.4. The predicted molar refractivity (Wildman–Crippen MR) is 137 cm³/mol. The third kappa shape index (κ3) is 5.21. The van der Waals surface area contributed by atoms with Gasteiger partial charge in [0.2, 0.25) is 0 Å². The van der Waals surface area contributed by atoms with Gasteiger partial charge in [0.25, 0.3) is 5.91 Å². The molecule has 0 saturated carbocycles. The third-order valence-corrected chi connectivity index (χ3v) is 6.32. The fraction of sp³-hybridized carbons (Fsp3) is 0.231. The van der Waals surface area contributed by atoms with Crippen LogP contribution in [-0.2, 0) is 15.7 Å². The zero-order valence-corrected chi connectivity index (χ0v) is 20.9. The van der Waals surface area contributed by atoms with Gasteiger partial charge in [0, 0.05) is 36.3 Å². The molecule has 14 heteroatoms. The molecule has 1 aliphatic heterocycles. The maximum absolute atomic E-state index is 13.0. The minimum absolute atomic E-state index is 0.191. The fourth-order valence-corrected chi connectivity index (χ4v) is 4.39. The van der Waals surface area contributed by atoms with Crippen molar-refractivity contribution >= 4 is 34.5 Å². The smallest absolute Gasteiger partial charge is 0.416 e. The summed E-state index contributed by atoms with van der Waals surface area (Å²) in [6.07, 6.45) is 0.654. The molecule has 204 valence electrons. The van der Waals surface area contributed by atoms with Gasteiger partial charge in [0.05, 0.1) is 24.1 Å². The van der Waals surface area contributed by atoms with Gasteiger partial charge in [-0.1, -0.05) is 12.1 Å². The Morgan fingerprint density at radius 3 is 2.65 bits per heavy atom. The van der Waals surface area contributed by atoms with Gasteiger partial charge >= 0.3 is 12.1 Å². The zero-order valence-electron chi connectivity index (χ0n) is 20.9. The largest absolute Gasteiger partial charge is 0.450 e. The number of nitrogen functional groups attached to an aromatic ring is 1. The Morgan fingerprint density at radius 1 is 1.15 bits per heavy atom. The SMILES string of the molecule is COC#CC(=O)N1CC[C@@H](n2nc(-c3ccc(C(=O)Nc4cc(C(F)(F)F)ccn4)cc3)c3c(N)ncnc32)C1. The van der Waals surface area contributed by atoms with Crippen molar-refractivity contribution in [3.63, 3.8) is 0 Å². The number of amides is 2. The number of likely N-dealkylation sites (tertiary alicyclic amines) is 1. The molecule has 1 atom stereocenters. The second-order valence-corrected chi connectivity index (χ2v) is 8.83. The summed E-state index contributed by atoms with van der Waals surface area (Å²) in [6, 6.07) is 7.68. The normalized spacial score (nSPS) is 15.0. The Hall–Kier alpha value is -5.19. The number of hydrogen-bond donors (Lipinski definition) is 2. The zero-order chi connectivity index (χ0) is 28.4. The quantitative estimate of drug-likeness (QED) is 0.369. The van der Waals surface area contributed by atoms with E-state index < -0.39 is 17.6 Å². The number of carbonyl (C=O) groups excluding carboxylic acids is 2. The number of methoxy groups -OCH3 is 1. The number of rotatable bonds is 4. The summed E-state index contributed by atoms with van der Waals surface area (Å²) < 4.78 is 45.3. The molecule has 1 aromatic carbocycles. The molecule has 4 heterocycles. The van der Waals surface area contributed by atoms with Gasteiger partial charge in [0.1, 0.15) is 29.8 Å². The highest BCUT2D eigenvalue weighted by Crippen LogP contribution is 2.34. The van der Waals surface area contributed by atoms with Crippen LogP contribution in [0.3, 0.4) is 0 Å². The van der Waals surface area contributed by atoms with E-state index in [1.165, 1.54) is 25.6 Å². The van der Waals surface area contributed by atoms with Crippen molar-refractivity contribution < 1.29 is 27.5 Å². The van der Waals surface area contributed by atoms with E-state index in [1.54, 1.807) is 21.7 Å². The van der Waals surface area contributed by atoms with Crippen LogP contribution in [0.15, 0.2) is 48.9 Å². The van der Waals surface area contributed by atoms with E-state index in [-0.39, 0.29) is 29.1 Å². The first-order valence-corrected chi connectivity index (χ1v) is 11.9. The number of hydrogen-bond acceptors (Lipinski definition) is 8. The maximum atomic E-state index is 13.0. The van der Waals surface area contributed by atoms with Crippen molar-refractivity contribution in [2.24, 2.45) is 0 Å². The second-order valence-electron chi connectivity index (χ2n) is 8.83. The monoisotopic (exact) mass is 550 g/mol. The Kier molecular flexibility index (Phi) is 6.95. The summed E-state index contributed by atoms with van der Waals surface area (Å²) in [4.78, 5) is 38.8. The van der Waals surface area contributed by atoms with Crippen molar-refractivity contribution in [1.82, 2.24) is 29.6 Å². The van der Waals surface area contributed by atoms with Crippen molar-refractivity contribution in [3.05, 3.63) is 60.0 Å². The minimum Gasteiger partial charge on any atom is -0.450 e. The number of fused-ring (bicyclic) bond motifs is 1. The number of benzene rings is 1. The average Bonchev–Trinajstić information content (AvgIpc) is 3.58. The highest BCUT2D eigenvalue weighted by Gasteiger charge is 2.32. The van der Waals surface area contributed by atoms with E-state index in [9.17, 15) is 22.8 Å². The Labute approximate surface area is 225 Å². The molecule has 1 fully saturated rings. The van der Waals surface area contributed by atoms with E-state index in [2.05, 4.69) is 37.0 Å². The first-order valence-electron chi connectivity index (χ1n) is 11.9. The molecule has 1 aliphatic rings.